The zero-order chi connectivity index (χ0) is 27.9. The van der Waals surface area contributed by atoms with Crippen LogP contribution in [0.15, 0.2) is 59.5 Å². The topological polar surface area (TPSA) is 93.2 Å². The number of rotatable bonds is 8. The number of benzene rings is 2. The Labute approximate surface area is 233 Å². The minimum absolute atomic E-state index is 0.0478. The maximum absolute atomic E-state index is 14.2. The molecular weight excluding hydrogens is 516 g/mol. The lowest BCUT2D eigenvalue weighted by atomic mass is 9.67. The van der Waals surface area contributed by atoms with Crippen molar-refractivity contribution in [3.63, 3.8) is 0 Å². The highest BCUT2D eigenvalue weighted by molar-refractivity contribution is 8.00. The smallest absolute Gasteiger partial charge is 0.338 e. The van der Waals surface area contributed by atoms with E-state index in [1.807, 2.05) is 30.3 Å². The first-order valence-electron chi connectivity index (χ1n) is 13.4. The Bertz CT molecular complexity index is 1300. The van der Waals surface area contributed by atoms with Gasteiger partial charge < -0.3 is 9.47 Å². The molecule has 0 radical (unpaired) electrons. The van der Waals surface area contributed by atoms with Crippen molar-refractivity contribution in [2.24, 2.45) is 16.7 Å². The average molecular weight is 551 g/mol. The van der Waals surface area contributed by atoms with Crippen LogP contribution in [-0.2, 0) is 23.9 Å². The fraction of sp³-hybridized carbons (Fsp3) is 0.467. The molecule has 0 N–H and O–H groups in total. The molecule has 3 aliphatic rings. The molecule has 2 aromatic carbocycles. The molecule has 4 atom stereocenters. The normalized spacial score (nSPS) is 25.4. The van der Waals surface area contributed by atoms with E-state index in [4.69, 9.17) is 9.47 Å². The SMILES string of the molecule is CCOC(=O)[C@H](CC(=O)N1[C@@H]2C[C@H]3CC[C@]2(C(=O)N1c1ccccc1)C3(C)C)Sc1ccccc1C(=O)OC. The lowest BCUT2D eigenvalue weighted by molar-refractivity contribution is -0.145. The summed E-state index contributed by atoms with van der Waals surface area (Å²) in [5.41, 5.74) is 0.0387. The molecule has 8 nitrogen and oxygen atoms in total. The number of methoxy groups -OCH3 is 1. The maximum atomic E-state index is 14.2. The zero-order valence-electron chi connectivity index (χ0n) is 22.7. The van der Waals surface area contributed by atoms with Crippen molar-refractivity contribution in [1.29, 1.82) is 0 Å². The van der Waals surface area contributed by atoms with Crippen molar-refractivity contribution in [2.45, 2.75) is 62.6 Å². The number of hydrogen-bond acceptors (Lipinski definition) is 7. The predicted molar refractivity (Wildman–Crippen MR) is 147 cm³/mol. The van der Waals surface area contributed by atoms with E-state index in [1.165, 1.54) is 7.11 Å². The van der Waals surface area contributed by atoms with Crippen LogP contribution in [0.4, 0.5) is 5.69 Å². The van der Waals surface area contributed by atoms with Gasteiger partial charge in [-0.05, 0) is 61.8 Å². The minimum Gasteiger partial charge on any atom is -0.465 e. The number of nitrogens with zero attached hydrogens (tertiary/aromatic N) is 2. The first-order valence-corrected chi connectivity index (χ1v) is 14.3. The molecule has 2 aliphatic carbocycles. The predicted octanol–water partition coefficient (Wildman–Crippen LogP) is 4.87. The van der Waals surface area contributed by atoms with E-state index in [0.29, 0.717) is 22.1 Å². The Morgan fingerprint density at radius 1 is 1.08 bits per heavy atom. The van der Waals surface area contributed by atoms with Gasteiger partial charge in [-0.25, -0.2) is 14.8 Å². The Balaban J connectivity index is 1.50. The summed E-state index contributed by atoms with van der Waals surface area (Å²) in [7, 11) is 1.30. The summed E-state index contributed by atoms with van der Waals surface area (Å²) in [5, 5.41) is 2.25. The lowest BCUT2D eigenvalue weighted by Gasteiger charge is -2.35. The molecule has 1 spiro atoms. The number of hydrazine groups is 1. The quantitative estimate of drug-likeness (QED) is 0.342. The van der Waals surface area contributed by atoms with Gasteiger partial charge in [-0.3, -0.25) is 14.4 Å². The van der Waals surface area contributed by atoms with Crippen LogP contribution in [0.5, 0.6) is 0 Å². The van der Waals surface area contributed by atoms with Crippen LogP contribution in [-0.4, -0.2) is 53.8 Å². The number of esters is 2. The summed E-state index contributed by atoms with van der Waals surface area (Å²) in [4.78, 5) is 54.4. The number of ether oxygens (including phenoxy) is 2. The monoisotopic (exact) mass is 550 g/mol. The number of para-hydroxylation sites is 1. The largest absolute Gasteiger partial charge is 0.465 e. The Hall–Kier alpha value is -3.33. The van der Waals surface area contributed by atoms with Crippen LogP contribution in [0, 0.1) is 16.7 Å². The van der Waals surface area contributed by atoms with Crippen molar-refractivity contribution in [3.8, 4) is 0 Å². The number of anilines is 1. The number of thioether (sulfide) groups is 1. The summed E-state index contributed by atoms with van der Waals surface area (Å²) in [6.07, 6.45) is 2.26. The number of carbonyl (C=O) groups is 4. The molecule has 0 unspecified atom stereocenters. The van der Waals surface area contributed by atoms with Crippen molar-refractivity contribution in [2.75, 3.05) is 18.7 Å². The van der Waals surface area contributed by atoms with Gasteiger partial charge in [0.25, 0.3) is 5.91 Å². The Kier molecular flexibility index (Phi) is 7.22. The van der Waals surface area contributed by atoms with Gasteiger partial charge in [0.1, 0.15) is 5.25 Å². The van der Waals surface area contributed by atoms with Gasteiger partial charge in [-0.15, -0.1) is 11.8 Å². The highest BCUT2D eigenvalue weighted by atomic mass is 32.2. The molecule has 206 valence electrons. The van der Waals surface area contributed by atoms with Crippen molar-refractivity contribution in [3.05, 3.63) is 60.2 Å². The lowest BCUT2D eigenvalue weighted by Crippen LogP contribution is -2.48. The van der Waals surface area contributed by atoms with E-state index in [9.17, 15) is 19.2 Å². The molecule has 1 aliphatic heterocycles. The summed E-state index contributed by atoms with van der Waals surface area (Å²) < 4.78 is 10.2. The van der Waals surface area contributed by atoms with E-state index in [0.717, 1.165) is 31.0 Å². The van der Waals surface area contributed by atoms with Crippen LogP contribution in [0.2, 0.25) is 0 Å². The second kappa shape index (κ2) is 10.3. The molecule has 0 aromatic heterocycles. The molecule has 5 rings (SSSR count). The van der Waals surface area contributed by atoms with Gasteiger partial charge >= 0.3 is 11.9 Å². The summed E-state index contributed by atoms with van der Waals surface area (Å²) in [5.74, 6) is -1.09. The van der Waals surface area contributed by atoms with Gasteiger partial charge in [0, 0.05) is 4.90 Å². The fourth-order valence-corrected chi connectivity index (χ4v) is 8.08. The van der Waals surface area contributed by atoms with Gasteiger partial charge in [-0.2, -0.15) is 0 Å². The number of carbonyl (C=O) groups excluding carboxylic acids is 4. The second-order valence-corrected chi connectivity index (χ2v) is 12.2. The van der Waals surface area contributed by atoms with Crippen LogP contribution in [0.25, 0.3) is 0 Å². The van der Waals surface area contributed by atoms with Crippen LogP contribution < -0.4 is 5.01 Å². The zero-order valence-corrected chi connectivity index (χ0v) is 23.5. The molecule has 2 amide bonds. The molecule has 2 saturated carbocycles. The molecular formula is C30H34N2O6S. The summed E-state index contributed by atoms with van der Waals surface area (Å²) in [6.45, 7) is 6.17. The van der Waals surface area contributed by atoms with Crippen molar-refractivity contribution < 1.29 is 28.7 Å². The van der Waals surface area contributed by atoms with E-state index in [-0.39, 0.29) is 36.3 Å². The third kappa shape index (κ3) is 4.22. The molecule has 1 saturated heterocycles. The van der Waals surface area contributed by atoms with Crippen LogP contribution in [0.3, 0.4) is 0 Å². The summed E-state index contributed by atoms with van der Waals surface area (Å²) in [6, 6.07) is 15.8. The number of hydrogen-bond donors (Lipinski definition) is 0. The Morgan fingerprint density at radius 2 is 1.77 bits per heavy atom. The highest BCUT2D eigenvalue weighted by Crippen LogP contribution is 2.70. The molecule has 2 bridgehead atoms. The summed E-state index contributed by atoms with van der Waals surface area (Å²) >= 11 is 1.10. The van der Waals surface area contributed by atoms with Crippen molar-refractivity contribution >= 4 is 41.2 Å². The Morgan fingerprint density at radius 3 is 2.44 bits per heavy atom. The molecule has 39 heavy (non-hydrogen) atoms. The molecule has 1 heterocycles. The number of fused-ring (bicyclic) bond motifs is 1. The third-order valence-corrected chi connectivity index (χ3v) is 10.2. The first-order chi connectivity index (χ1) is 18.7. The fourth-order valence-electron chi connectivity index (χ4n) is 6.95. The van der Waals surface area contributed by atoms with Crippen LogP contribution in [0.1, 0.15) is 56.8 Å². The van der Waals surface area contributed by atoms with Gasteiger partial charge in [0.2, 0.25) is 5.91 Å². The third-order valence-electron chi connectivity index (χ3n) is 8.95. The van der Waals surface area contributed by atoms with E-state index in [2.05, 4.69) is 13.8 Å². The van der Waals surface area contributed by atoms with Gasteiger partial charge in [0.15, 0.2) is 0 Å². The highest BCUT2D eigenvalue weighted by Gasteiger charge is 2.75. The maximum Gasteiger partial charge on any atom is 0.338 e. The minimum atomic E-state index is -0.917. The number of amides is 2. The van der Waals surface area contributed by atoms with Crippen molar-refractivity contribution in [1.82, 2.24) is 5.01 Å². The van der Waals surface area contributed by atoms with Crippen LogP contribution >= 0.6 is 11.8 Å². The van der Waals surface area contributed by atoms with E-state index in [1.54, 1.807) is 41.2 Å². The average Bonchev–Trinajstić information content (AvgIpc) is 3.46. The molecule has 2 aromatic rings. The van der Waals surface area contributed by atoms with Gasteiger partial charge in [-0.1, -0.05) is 44.2 Å². The molecule has 3 fully saturated rings. The standard InChI is InChI=1S/C30H34N2O6S/c1-5-38-27(35)23(39-22-14-10-9-13-21(22)26(34)37-4)18-25(33)32-24-17-19-15-16-30(24,29(19,2)3)28(36)31(32)20-11-7-6-8-12-20/h6-14,19,23-24H,5,15-18H2,1-4H3/t19-,23+,24-,30+/m1/s1. The second-order valence-electron chi connectivity index (χ2n) is 10.9. The van der Waals surface area contributed by atoms with E-state index >= 15 is 0 Å². The first kappa shape index (κ1) is 27.2. The van der Waals surface area contributed by atoms with E-state index < -0.39 is 22.6 Å². The van der Waals surface area contributed by atoms with Gasteiger partial charge in [0.05, 0.1) is 42.8 Å². The molecule has 9 heteroatoms.